The fourth-order valence-electron chi connectivity index (χ4n) is 3.00. The van der Waals surface area contributed by atoms with Gasteiger partial charge in [0.1, 0.15) is 11.0 Å². The molecule has 0 aliphatic rings. The highest BCUT2D eigenvalue weighted by Gasteiger charge is 2.25. The smallest absolute Gasteiger partial charge is 0.243 e. The first-order valence-corrected chi connectivity index (χ1v) is 10.1. The van der Waals surface area contributed by atoms with Crippen LogP contribution in [0.2, 0.25) is 0 Å². The van der Waals surface area contributed by atoms with Crippen LogP contribution in [0.1, 0.15) is 22.3 Å². The lowest BCUT2D eigenvalue weighted by Crippen LogP contribution is -2.19. The lowest BCUT2D eigenvalue weighted by Gasteiger charge is -2.14. The molecule has 0 saturated carbocycles. The van der Waals surface area contributed by atoms with E-state index in [0.717, 1.165) is 22.5 Å². The van der Waals surface area contributed by atoms with Crippen molar-refractivity contribution in [1.29, 1.82) is 0 Å². The van der Waals surface area contributed by atoms with Crippen molar-refractivity contribution in [2.24, 2.45) is 0 Å². The van der Waals surface area contributed by atoms with Crippen LogP contribution in [0.4, 0.5) is 5.82 Å². The zero-order chi connectivity index (χ0) is 20.2. The summed E-state index contributed by atoms with van der Waals surface area (Å²) in [4.78, 5) is 21.1. The van der Waals surface area contributed by atoms with Crippen molar-refractivity contribution in [3.05, 3.63) is 83.7 Å². The molecular formula is C22H20N4O2S. The van der Waals surface area contributed by atoms with Gasteiger partial charge in [-0.15, -0.1) is 0 Å². The van der Waals surface area contributed by atoms with Crippen molar-refractivity contribution in [3.8, 4) is 11.3 Å². The van der Waals surface area contributed by atoms with Gasteiger partial charge in [-0.1, -0.05) is 77.6 Å². The van der Waals surface area contributed by atoms with E-state index in [2.05, 4.69) is 15.5 Å². The molecule has 4 rings (SSSR count). The number of benzene rings is 2. The number of nitrogens with zero attached hydrogens (tertiary/aromatic N) is 2. The highest BCUT2D eigenvalue weighted by Crippen LogP contribution is 2.36. The molecule has 0 saturated heterocycles. The number of hydrogen-bond acceptors (Lipinski definition) is 5. The average Bonchev–Trinajstić information content (AvgIpc) is 3.32. The number of carbonyl (C=O) groups is 1. The van der Waals surface area contributed by atoms with E-state index in [9.17, 15) is 4.79 Å². The highest BCUT2D eigenvalue weighted by atomic mass is 32.2. The zero-order valence-electron chi connectivity index (χ0n) is 16.0. The molecule has 1 unspecified atom stereocenters. The van der Waals surface area contributed by atoms with E-state index in [0.29, 0.717) is 16.7 Å². The summed E-state index contributed by atoms with van der Waals surface area (Å²) < 4.78 is 5.05. The topological polar surface area (TPSA) is 83.8 Å². The van der Waals surface area contributed by atoms with E-state index < -0.39 is 5.25 Å². The van der Waals surface area contributed by atoms with Crippen LogP contribution in [0.3, 0.4) is 0 Å². The molecule has 6 nitrogen and oxygen atoms in total. The number of thioether (sulfide) groups is 1. The number of hydrogen-bond donors (Lipinski definition) is 2. The first-order chi connectivity index (χ1) is 14.1. The first-order valence-electron chi connectivity index (χ1n) is 9.18. The van der Waals surface area contributed by atoms with Crippen LogP contribution in [-0.2, 0) is 4.79 Å². The third kappa shape index (κ3) is 4.41. The molecule has 4 aromatic rings. The number of amides is 1. The molecule has 0 aliphatic carbocycles. The maximum Gasteiger partial charge on any atom is 0.243 e. The number of aromatic amines is 1. The highest BCUT2D eigenvalue weighted by molar-refractivity contribution is 8.00. The molecule has 0 spiro atoms. The van der Waals surface area contributed by atoms with Gasteiger partial charge in [0.15, 0.2) is 11.0 Å². The van der Waals surface area contributed by atoms with E-state index in [-0.39, 0.29) is 5.91 Å². The van der Waals surface area contributed by atoms with Gasteiger partial charge < -0.3 is 14.8 Å². The third-order valence-corrected chi connectivity index (χ3v) is 5.50. The molecule has 146 valence electrons. The van der Waals surface area contributed by atoms with Gasteiger partial charge in [0.25, 0.3) is 0 Å². The average molecular weight is 404 g/mol. The standard InChI is InChI=1S/C22H20N4O2S/c1-14-13-18(26-28-14)24-21(27)20(17-11-7-4-8-12-17)29-22-23-15(2)19(25-22)16-9-5-3-6-10-16/h3-13,20H,1-2H3,(H,23,25)(H,24,26,27). The molecule has 2 heterocycles. The molecule has 7 heteroatoms. The Morgan fingerprint density at radius 3 is 2.41 bits per heavy atom. The Bertz CT molecular complexity index is 1110. The maximum absolute atomic E-state index is 13.0. The molecule has 2 aromatic carbocycles. The van der Waals surface area contributed by atoms with E-state index in [4.69, 9.17) is 9.51 Å². The number of H-pyrrole nitrogens is 1. The predicted molar refractivity (Wildman–Crippen MR) is 114 cm³/mol. The Labute approximate surface area is 172 Å². The van der Waals surface area contributed by atoms with Crippen molar-refractivity contribution in [1.82, 2.24) is 15.1 Å². The van der Waals surface area contributed by atoms with Gasteiger partial charge in [0.2, 0.25) is 5.91 Å². The first kappa shape index (κ1) is 19.0. The number of carbonyl (C=O) groups excluding carboxylic acids is 1. The van der Waals surface area contributed by atoms with Crippen LogP contribution in [0.25, 0.3) is 11.3 Å². The summed E-state index contributed by atoms with van der Waals surface area (Å²) in [5.74, 6) is 0.845. The molecular weight excluding hydrogens is 384 g/mol. The van der Waals surface area contributed by atoms with Crippen molar-refractivity contribution < 1.29 is 9.32 Å². The number of aryl methyl sites for hydroxylation is 2. The van der Waals surface area contributed by atoms with Gasteiger partial charge >= 0.3 is 0 Å². The van der Waals surface area contributed by atoms with E-state index >= 15 is 0 Å². The second-order valence-corrected chi connectivity index (χ2v) is 7.70. The van der Waals surface area contributed by atoms with Crippen LogP contribution >= 0.6 is 11.8 Å². The van der Waals surface area contributed by atoms with Crippen LogP contribution in [0.5, 0.6) is 0 Å². The van der Waals surface area contributed by atoms with E-state index in [1.807, 2.05) is 67.6 Å². The molecule has 2 N–H and O–H groups in total. The summed E-state index contributed by atoms with van der Waals surface area (Å²) in [7, 11) is 0. The van der Waals surface area contributed by atoms with Gasteiger partial charge in [0, 0.05) is 17.3 Å². The minimum Gasteiger partial charge on any atom is -0.360 e. The van der Waals surface area contributed by atoms with Crippen molar-refractivity contribution in [3.63, 3.8) is 0 Å². The van der Waals surface area contributed by atoms with Gasteiger partial charge in [-0.05, 0) is 19.4 Å². The minimum atomic E-state index is -0.498. The second-order valence-electron chi connectivity index (χ2n) is 6.60. The van der Waals surface area contributed by atoms with Crippen molar-refractivity contribution in [2.75, 3.05) is 5.32 Å². The predicted octanol–water partition coefficient (Wildman–Crippen LogP) is 5.15. The van der Waals surface area contributed by atoms with Crippen LogP contribution in [0.15, 0.2) is 76.4 Å². The number of nitrogens with one attached hydrogen (secondary N) is 2. The molecule has 0 radical (unpaired) electrons. The summed E-state index contributed by atoms with van der Waals surface area (Å²) in [6.07, 6.45) is 0. The van der Waals surface area contributed by atoms with Crippen molar-refractivity contribution in [2.45, 2.75) is 24.3 Å². The Hall–Kier alpha value is -3.32. The monoisotopic (exact) mass is 404 g/mol. The van der Waals surface area contributed by atoms with E-state index in [1.165, 1.54) is 11.8 Å². The summed E-state index contributed by atoms with van der Waals surface area (Å²) >= 11 is 1.37. The van der Waals surface area contributed by atoms with Gasteiger partial charge in [-0.25, -0.2) is 4.98 Å². The Morgan fingerprint density at radius 1 is 1.07 bits per heavy atom. The van der Waals surface area contributed by atoms with Crippen LogP contribution in [0, 0.1) is 13.8 Å². The maximum atomic E-state index is 13.0. The minimum absolute atomic E-state index is 0.190. The van der Waals surface area contributed by atoms with Crippen molar-refractivity contribution >= 4 is 23.5 Å². The van der Waals surface area contributed by atoms with Gasteiger partial charge in [-0.2, -0.15) is 0 Å². The quantitative estimate of drug-likeness (QED) is 0.434. The number of rotatable bonds is 6. The Morgan fingerprint density at radius 2 is 1.76 bits per heavy atom. The number of anilines is 1. The number of aromatic nitrogens is 3. The molecule has 29 heavy (non-hydrogen) atoms. The SMILES string of the molecule is Cc1cc(NC(=O)C(Sc2nc(-c3ccccc3)c(C)[nH]2)c2ccccc2)no1. The normalized spacial score (nSPS) is 11.9. The fourth-order valence-corrected chi connectivity index (χ4v) is 4.03. The summed E-state index contributed by atoms with van der Waals surface area (Å²) in [6.45, 7) is 3.76. The van der Waals surface area contributed by atoms with Gasteiger partial charge in [0.05, 0.1) is 5.69 Å². The summed E-state index contributed by atoms with van der Waals surface area (Å²) in [5.41, 5.74) is 3.75. The van der Waals surface area contributed by atoms with E-state index in [1.54, 1.807) is 13.0 Å². The molecule has 1 amide bonds. The largest absolute Gasteiger partial charge is 0.360 e. The molecule has 0 bridgehead atoms. The lowest BCUT2D eigenvalue weighted by molar-refractivity contribution is -0.115. The summed E-state index contributed by atoms with van der Waals surface area (Å²) in [6, 6.07) is 21.3. The fraction of sp³-hybridized carbons (Fsp3) is 0.136. The Balaban J connectivity index is 1.61. The van der Waals surface area contributed by atoms with Crippen LogP contribution < -0.4 is 5.32 Å². The molecule has 2 aromatic heterocycles. The lowest BCUT2D eigenvalue weighted by atomic mass is 10.1. The van der Waals surface area contributed by atoms with Crippen LogP contribution in [-0.4, -0.2) is 21.0 Å². The third-order valence-electron chi connectivity index (χ3n) is 4.36. The molecule has 0 fully saturated rings. The zero-order valence-corrected chi connectivity index (χ0v) is 16.9. The second kappa shape index (κ2) is 8.36. The number of imidazole rings is 1. The molecule has 0 aliphatic heterocycles. The molecule has 1 atom stereocenters. The summed E-state index contributed by atoms with van der Waals surface area (Å²) in [5, 5.41) is 6.87. The Kier molecular flexibility index (Phi) is 5.48. The van der Waals surface area contributed by atoms with Gasteiger partial charge in [-0.3, -0.25) is 4.79 Å².